The van der Waals surface area contributed by atoms with E-state index in [0.717, 1.165) is 30.2 Å². The van der Waals surface area contributed by atoms with Crippen LogP contribution >= 0.6 is 0 Å². The van der Waals surface area contributed by atoms with Gasteiger partial charge in [-0.3, -0.25) is 0 Å². The lowest BCUT2D eigenvalue weighted by Gasteiger charge is -2.10. The zero-order valence-corrected chi connectivity index (χ0v) is 13.9. The molecule has 0 bridgehead atoms. The van der Waals surface area contributed by atoms with Crippen molar-refractivity contribution < 1.29 is 9.47 Å². The number of anilines is 2. The number of nitrogens with zero attached hydrogens (tertiary/aromatic N) is 2. The highest BCUT2D eigenvalue weighted by molar-refractivity contribution is 5.42. The number of aryl methyl sites for hydroxylation is 1. The zero-order chi connectivity index (χ0) is 16.5. The molecule has 0 unspecified atom stereocenters. The SMILES string of the molecule is COCCNc1nc(C)cc(NCCc2cccc(OC)c2)n1. The molecule has 6 nitrogen and oxygen atoms in total. The lowest BCUT2D eigenvalue weighted by molar-refractivity contribution is 0.210. The summed E-state index contributed by atoms with van der Waals surface area (Å²) in [6.07, 6.45) is 0.896. The van der Waals surface area contributed by atoms with Gasteiger partial charge in [-0.1, -0.05) is 12.1 Å². The van der Waals surface area contributed by atoms with Gasteiger partial charge in [-0.15, -0.1) is 0 Å². The molecule has 2 aromatic rings. The zero-order valence-electron chi connectivity index (χ0n) is 13.9. The molecule has 0 saturated heterocycles. The average Bonchev–Trinajstić information content (AvgIpc) is 2.55. The molecule has 0 aliphatic heterocycles. The molecule has 1 heterocycles. The van der Waals surface area contributed by atoms with Crippen molar-refractivity contribution in [2.45, 2.75) is 13.3 Å². The molecule has 1 aromatic carbocycles. The third-order valence-corrected chi connectivity index (χ3v) is 3.30. The van der Waals surface area contributed by atoms with Crippen LogP contribution in [0.1, 0.15) is 11.3 Å². The van der Waals surface area contributed by atoms with Gasteiger partial charge in [0.05, 0.1) is 13.7 Å². The molecule has 0 amide bonds. The molecule has 0 spiro atoms. The standard InChI is InChI=1S/C17H24N4O2/c1-13-11-16(21-17(20-13)19-9-10-22-2)18-8-7-14-5-4-6-15(12-14)23-3/h4-6,11-12H,7-10H2,1-3H3,(H2,18,19,20,21). The largest absolute Gasteiger partial charge is 0.497 e. The van der Waals surface area contributed by atoms with Gasteiger partial charge in [-0.05, 0) is 31.0 Å². The number of nitrogens with one attached hydrogen (secondary N) is 2. The van der Waals surface area contributed by atoms with E-state index in [1.165, 1.54) is 5.56 Å². The van der Waals surface area contributed by atoms with Crippen molar-refractivity contribution in [1.29, 1.82) is 0 Å². The maximum atomic E-state index is 5.24. The second kappa shape index (κ2) is 8.95. The predicted molar refractivity (Wildman–Crippen MR) is 92.3 cm³/mol. The first-order valence-corrected chi connectivity index (χ1v) is 7.66. The molecule has 0 saturated carbocycles. The van der Waals surface area contributed by atoms with Crippen molar-refractivity contribution in [2.75, 3.05) is 44.5 Å². The van der Waals surface area contributed by atoms with Crippen molar-refractivity contribution in [3.05, 3.63) is 41.6 Å². The molecule has 0 aliphatic rings. The van der Waals surface area contributed by atoms with Crippen molar-refractivity contribution >= 4 is 11.8 Å². The van der Waals surface area contributed by atoms with Crippen LogP contribution in [0, 0.1) is 6.92 Å². The van der Waals surface area contributed by atoms with E-state index in [0.29, 0.717) is 19.1 Å². The Balaban J connectivity index is 1.89. The van der Waals surface area contributed by atoms with Crippen LogP contribution in [-0.2, 0) is 11.2 Å². The van der Waals surface area contributed by atoms with Crippen LogP contribution in [-0.4, -0.2) is 43.9 Å². The van der Waals surface area contributed by atoms with Crippen LogP contribution in [0.2, 0.25) is 0 Å². The summed E-state index contributed by atoms with van der Waals surface area (Å²) in [7, 11) is 3.35. The molecular weight excluding hydrogens is 292 g/mol. The molecule has 1 aromatic heterocycles. The van der Waals surface area contributed by atoms with Gasteiger partial charge in [0, 0.05) is 32.0 Å². The van der Waals surface area contributed by atoms with Crippen LogP contribution in [0.25, 0.3) is 0 Å². The van der Waals surface area contributed by atoms with E-state index < -0.39 is 0 Å². The molecule has 2 rings (SSSR count). The van der Waals surface area contributed by atoms with E-state index in [-0.39, 0.29) is 0 Å². The van der Waals surface area contributed by atoms with Crippen LogP contribution < -0.4 is 15.4 Å². The van der Waals surface area contributed by atoms with Crippen molar-refractivity contribution in [2.24, 2.45) is 0 Å². The average molecular weight is 316 g/mol. The Bertz CT molecular complexity index is 619. The van der Waals surface area contributed by atoms with Gasteiger partial charge in [-0.25, -0.2) is 4.98 Å². The van der Waals surface area contributed by atoms with Crippen molar-refractivity contribution in [3.8, 4) is 5.75 Å². The summed E-state index contributed by atoms with van der Waals surface area (Å²) in [5, 5.41) is 6.49. The van der Waals surface area contributed by atoms with Gasteiger partial charge in [0.1, 0.15) is 11.6 Å². The molecule has 2 N–H and O–H groups in total. The van der Waals surface area contributed by atoms with E-state index in [1.807, 2.05) is 31.2 Å². The third-order valence-electron chi connectivity index (χ3n) is 3.30. The monoisotopic (exact) mass is 316 g/mol. The Morgan fingerprint density at radius 2 is 1.91 bits per heavy atom. The first kappa shape index (κ1) is 17.0. The van der Waals surface area contributed by atoms with Gasteiger partial charge in [-0.2, -0.15) is 4.98 Å². The van der Waals surface area contributed by atoms with E-state index in [4.69, 9.17) is 9.47 Å². The Labute approximate surface area is 137 Å². The summed E-state index contributed by atoms with van der Waals surface area (Å²) < 4.78 is 10.3. The molecular formula is C17H24N4O2. The second-order valence-electron chi connectivity index (χ2n) is 5.17. The number of hydrogen-bond acceptors (Lipinski definition) is 6. The first-order valence-electron chi connectivity index (χ1n) is 7.66. The molecule has 0 radical (unpaired) electrons. The summed E-state index contributed by atoms with van der Waals surface area (Å²) in [5.74, 6) is 2.32. The van der Waals surface area contributed by atoms with E-state index in [1.54, 1.807) is 14.2 Å². The molecule has 0 aliphatic carbocycles. The summed E-state index contributed by atoms with van der Waals surface area (Å²) in [5.41, 5.74) is 2.14. The maximum absolute atomic E-state index is 5.24. The number of hydrogen-bond donors (Lipinski definition) is 2. The molecule has 0 fully saturated rings. The highest BCUT2D eigenvalue weighted by atomic mass is 16.5. The van der Waals surface area contributed by atoms with Crippen LogP contribution in [0.5, 0.6) is 5.75 Å². The quantitative estimate of drug-likeness (QED) is 0.693. The number of rotatable bonds is 9. The lowest BCUT2D eigenvalue weighted by Crippen LogP contribution is -2.13. The van der Waals surface area contributed by atoms with Gasteiger partial charge in [0.25, 0.3) is 0 Å². The summed E-state index contributed by atoms with van der Waals surface area (Å²) in [6, 6.07) is 10.0. The van der Waals surface area contributed by atoms with E-state index >= 15 is 0 Å². The van der Waals surface area contributed by atoms with Crippen LogP contribution in [0.15, 0.2) is 30.3 Å². The van der Waals surface area contributed by atoms with E-state index in [2.05, 4.69) is 26.7 Å². The molecule has 124 valence electrons. The third kappa shape index (κ3) is 5.75. The number of aromatic nitrogens is 2. The van der Waals surface area contributed by atoms with Gasteiger partial charge < -0.3 is 20.1 Å². The fourth-order valence-corrected chi connectivity index (χ4v) is 2.17. The predicted octanol–water partition coefficient (Wildman–Crippen LogP) is 2.51. The van der Waals surface area contributed by atoms with Crippen LogP contribution in [0.3, 0.4) is 0 Å². The number of methoxy groups -OCH3 is 2. The van der Waals surface area contributed by atoms with Crippen molar-refractivity contribution in [3.63, 3.8) is 0 Å². The normalized spacial score (nSPS) is 10.4. The smallest absolute Gasteiger partial charge is 0.224 e. The van der Waals surface area contributed by atoms with E-state index in [9.17, 15) is 0 Å². The number of ether oxygens (including phenoxy) is 2. The molecule has 23 heavy (non-hydrogen) atoms. The second-order valence-corrected chi connectivity index (χ2v) is 5.17. The van der Waals surface area contributed by atoms with Gasteiger partial charge >= 0.3 is 0 Å². The first-order chi connectivity index (χ1) is 11.2. The van der Waals surface area contributed by atoms with Crippen molar-refractivity contribution in [1.82, 2.24) is 9.97 Å². The lowest BCUT2D eigenvalue weighted by atomic mass is 10.1. The Morgan fingerprint density at radius 3 is 2.70 bits per heavy atom. The summed E-state index contributed by atoms with van der Waals surface area (Å²) >= 11 is 0. The minimum absolute atomic E-state index is 0.617. The van der Waals surface area contributed by atoms with Gasteiger partial charge in [0.2, 0.25) is 5.95 Å². The summed E-state index contributed by atoms with van der Waals surface area (Å²) in [6.45, 7) is 4.05. The maximum Gasteiger partial charge on any atom is 0.224 e. The minimum Gasteiger partial charge on any atom is -0.497 e. The highest BCUT2D eigenvalue weighted by Crippen LogP contribution is 2.14. The highest BCUT2D eigenvalue weighted by Gasteiger charge is 2.02. The Morgan fingerprint density at radius 1 is 1.04 bits per heavy atom. The topological polar surface area (TPSA) is 68.3 Å². The van der Waals surface area contributed by atoms with Gasteiger partial charge in [0.15, 0.2) is 0 Å². The van der Waals surface area contributed by atoms with Crippen LogP contribution in [0.4, 0.5) is 11.8 Å². The minimum atomic E-state index is 0.617. The fourth-order valence-electron chi connectivity index (χ4n) is 2.17. The molecule has 6 heteroatoms. The number of benzene rings is 1. The Kier molecular flexibility index (Phi) is 6.62. The fraction of sp³-hybridized carbons (Fsp3) is 0.412. The molecule has 0 atom stereocenters. The Hall–Kier alpha value is -2.34. The summed E-state index contributed by atoms with van der Waals surface area (Å²) in [4.78, 5) is 8.82.